The molecule has 66 heavy (non-hydrogen) atoms. The fourth-order valence-corrected chi connectivity index (χ4v) is 13.8. The average Bonchev–Trinajstić information content (AvgIpc) is 3.98. The van der Waals surface area contributed by atoms with E-state index in [2.05, 4.69) is 33.9 Å². The highest BCUT2D eigenvalue weighted by molar-refractivity contribution is 5.70. The Hall–Kier alpha value is -2.51. The van der Waals surface area contributed by atoms with Crippen molar-refractivity contribution in [3.8, 4) is 5.75 Å². The van der Waals surface area contributed by atoms with E-state index in [1.54, 1.807) is 7.11 Å². The standard InChI is InChI=1S/C51H68O15/c1-24-19-31-11-13-34-25(2)20-33(55-34)15-17-50-49-51(66-48(62-49)29-7-9-30(54-6)10-8-29)47(65-50)46-45(64-51)44(63-50)43-36(60-46)14-12-32(57-43)22-40(53)61-42-28(5)41-38(21-26(3)35(59-41)16-18-52)58-39(42)23-37(56-31)27(24)4/h7-10,24,26,28,31-39,41-49,52H,2,4,11-23H2,1,3,5-6H3/t24-,26-,28+,31+,32-,33?,34?,35-,36+,37?,38+,39+,41+,42-,43+,44?,45+,46-,47?,48+,49+,50-,51-/m1/s1. The first-order chi connectivity index (χ1) is 31.9. The molecule has 12 heterocycles. The molecule has 15 nitrogen and oxygen atoms in total. The van der Waals surface area contributed by atoms with Crippen LogP contribution >= 0.6 is 0 Å². The number of ether oxygens (including phenoxy) is 13. The van der Waals surface area contributed by atoms with Crippen LogP contribution < -0.4 is 4.74 Å². The van der Waals surface area contributed by atoms with E-state index in [1.807, 2.05) is 24.3 Å². The quantitative estimate of drug-likeness (QED) is 0.280. The third kappa shape index (κ3) is 7.39. The lowest BCUT2D eigenvalue weighted by atomic mass is 9.78. The molecule has 0 aromatic heterocycles. The predicted molar refractivity (Wildman–Crippen MR) is 232 cm³/mol. The highest BCUT2D eigenvalue weighted by Gasteiger charge is 2.83. The molecule has 0 saturated carbocycles. The highest BCUT2D eigenvalue weighted by Crippen LogP contribution is 2.64. The molecule has 2 spiro atoms. The molecule has 23 atom stereocenters. The molecule has 12 bridgehead atoms. The second-order valence-corrected chi connectivity index (χ2v) is 21.4. The van der Waals surface area contributed by atoms with Gasteiger partial charge in [0.15, 0.2) is 12.4 Å². The van der Waals surface area contributed by atoms with Crippen LogP contribution in [0.15, 0.2) is 48.6 Å². The summed E-state index contributed by atoms with van der Waals surface area (Å²) < 4.78 is 88.5. The van der Waals surface area contributed by atoms with Crippen molar-refractivity contribution in [2.24, 2.45) is 17.8 Å². The first kappa shape index (κ1) is 44.7. The Labute approximate surface area is 387 Å². The molecule has 12 aliphatic heterocycles. The van der Waals surface area contributed by atoms with E-state index in [-0.39, 0.29) is 85.6 Å². The number of hydrogen-bond acceptors (Lipinski definition) is 15. The maximum absolute atomic E-state index is 14.3. The number of methoxy groups -OCH3 is 1. The van der Waals surface area contributed by atoms with E-state index in [4.69, 9.17) is 61.6 Å². The number of fused-ring (bicyclic) bond motifs is 7. The summed E-state index contributed by atoms with van der Waals surface area (Å²) in [6.07, 6.45) is 0.231. The monoisotopic (exact) mass is 920 g/mol. The number of carbonyl (C=O) groups is 1. The van der Waals surface area contributed by atoms with E-state index in [0.29, 0.717) is 38.5 Å². The number of rotatable bonds is 4. The van der Waals surface area contributed by atoms with Crippen LogP contribution in [0.3, 0.4) is 0 Å². The number of aliphatic hydroxyl groups excluding tert-OH is 1. The summed E-state index contributed by atoms with van der Waals surface area (Å²) in [7, 11) is 1.64. The molecule has 12 aliphatic rings. The molecule has 1 aromatic rings. The van der Waals surface area contributed by atoms with Gasteiger partial charge in [0, 0.05) is 30.9 Å². The second kappa shape index (κ2) is 17.1. The maximum atomic E-state index is 14.3. The summed E-state index contributed by atoms with van der Waals surface area (Å²) >= 11 is 0. The van der Waals surface area contributed by atoms with E-state index in [0.717, 1.165) is 54.6 Å². The topological polar surface area (TPSA) is 157 Å². The van der Waals surface area contributed by atoms with Gasteiger partial charge in [0.05, 0.1) is 74.6 Å². The highest BCUT2D eigenvalue weighted by atomic mass is 16.9. The van der Waals surface area contributed by atoms with Gasteiger partial charge in [0.2, 0.25) is 11.6 Å². The minimum atomic E-state index is -1.28. The number of benzene rings is 1. The summed E-state index contributed by atoms with van der Waals surface area (Å²) in [6.45, 7) is 15.6. The van der Waals surface area contributed by atoms with Crippen LogP contribution in [0, 0.1) is 17.8 Å². The fourth-order valence-electron chi connectivity index (χ4n) is 13.8. The zero-order chi connectivity index (χ0) is 45.2. The Bertz CT molecular complexity index is 2010. The minimum absolute atomic E-state index is 0.0133. The third-order valence-corrected chi connectivity index (χ3v) is 17.3. The number of aliphatic hydroxyl groups is 1. The van der Waals surface area contributed by atoms with Gasteiger partial charge < -0.3 is 66.7 Å². The lowest BCUT2D eigenvalue weighted by molar-refractivity contribution is -0.329. The van der Waals surface area contributed by atoms with E-state index >= 15 is 0 Å². The average molecular weight is 921 g/mol. The third-order valence-electron chi connectivity index (χ3n) is 17.3. The van der Waals surface area contributed by atoms with Gasteiger partial charge >= 0.3 is 5.97 Å². The van der Waals surface area contributed by atoms with Crippen molar-refractivity contribution in [3.63, 3.8) is 0 Å². The second-order valence-electron chi connectivity index (χ2n) is 21.4. The van der Waals surface area contributed by atoms with Gasteiger partial charge in [-0.25, -0.2) is 0 Å². The molecule has 362 valence electrons. The van der Waals surface area contributed by atoms with Crippen molar-refractivity contribution >= 4 is 5.97 Å². The minimum Gasteiger partial charge on any atom is -0.497 e. The van der Waals surface area contributed by atoms with Crippen molar-refractivity contribution in [2.75, 3.05) is 13.7 Å². The Balaban J connectivity index is 0.853. The molecule has 0 amide bonds. The summed E-state index contributed by atoms with van der Waals surface area (Å²) in [5.41, 5.74) is 2.95. The molecule has 12 fully saturated rings. The van der Waals surface area contributed by atoms with Crippen LogP contribution in [0.25, 0.3) is 0 Å². The first-order valence-corrected chi connectivity index (χ1v) is 25.0. The molecule has 1 N–H and O–H groups in total. The smallest absolute Gasteiger partial charge is 0.308 e. The van der Waals surface area contributed by atoms with Crippen LogP contribution in [0.1, 0.15) is 110 Å². The van der Waals surface area contributed by atoms with E-state index in [1.165, 1.54) is 0 Å². The summed E-state index contributed by atoms with van der Waals surface area (Å²) in [5.74, 6) is -1.92. The van der Waals surface area contributed by atoms with E-state index < -0.39 is 72.8 Å². The molecular formula is C51H68O15. The molecule has 0 radical (unpaired) electrons. The van der Waals surface area contributed by atoms with Gasteiger partial charge in [-0.2, -0.15) is 0 Å². The number of esters is 1. The molecule has 13 rings (SSSR count). The zero-order valence-corrected chi connectivity index (χ0v) is 38.7. The van der Waals surface area contributed by atoms with Crippen LogP contribution in [0.2, 0.25) is 0 Å². The summed E-state index contributed by atoms with van der Waals surface area (Å²) in [4.78, 5) is 14.3. The van der Waals surface area contributed by atoms with Gasteiger partial charge in [-0.05, 0) is 92.9 Å². The van der Waals surface area contributed by atoms with Crippen LogP contribution in [-0.4, -0.2) is 140 Å². The van der Waals surface area contributed by atoms with Gasteiger partial charge in [-0.1, -0.05) is 46.1 Å². The molecular weight excluding hydrogens is 853 g/mol. The van der Waals surface area contributed by atoms with Crippen molar-refractivity contribution in [2.45, 2.75) is 219 Å². The van der Waals surface area contributed by atoms with Gasteiger partial charge in [0.1, 0.15) is 42.4 Å². The van der Waals surface area contributed by atoms with Crippen molar-refractivity contribution in [3.05, 3.63) is 54.1 Å². The van der Waals surface area contributed by atoms with Crippen molar-refractivity contribution in [1.29, 1.82) is 0 Å². The Morgan fingerprint density at radius 2 is 1.47 bits per heavy atom. The first-order valence-electron chi connectivity index (χ1n) is 25.0. The Morgan fingerprint density at radius 3 is 2.29 bits per heavy atom. The Kier molecular flexibility index (Phi) is 11.6. The zero-order valence-electron chi connectivity index (χ0n) is 38.7. The largest absolute Gasteiger partial charge is 0.497 e. The summed E-state index contributed by atoms with van der Waals surface area (Å²) in [6, 6.07) is 7.66. The van der Waals surface area contributed by atoms with Crippen molar-refractivity contribution in [1.82, 2.24) is 0 Å². The van der Waals surface area contributed by atoms with Gasteiger partial charge in [0.25, 0.3) is 0 Å². The SMILES string of the molecule is C=C1CC2CC[C@@]34OC5[C@H]6O[C@H](CC[C@@H]6O[C@H]6C(O3)[C@]3(O[C@@H](c7ccc(OC)cc7)O[C@@H]43)O[C@@H]56)CC(=O)O[C@@H]3[C@@H](C)[C@@H]4O[C@H](CCO)[C@H](C)C[C@@H]4O[C@H]3CC3O[C@@H](CCC1O2)C[C@@H](C)C3=C. The van der Waals surface area contributed by atoms with Gasteiger partial charge in [-0.15, -0.1) is 0 Å². The predicted octanol–water partition coefficient (Wildman–Crippen LogP) is 5.92. The van der Waals surface area contributed by atoms with Crippen molar-refractivity contribution < 1.29 is 71.5 Å². The lowest BCUT2D eigenvalue weighted by Gasteiger charge is -2.51. The fraction of sp³-hybridized carbons (Fsp3) is 0.784. The molecule has 12 saturated heterocycles. The van der Waals surface area contributed by atoms with Gasteiger partial charge in [-0.3, -0.25) is 4.79 Å². The molecule has 5 unspecified atom stereocenters. The number of hydrogen-bond donors (Lipinski definition) is 1. The molecule has 0 aliphatic carbocycles. The van der Waals surface area contributed by atoms with E-state index in [9.17, 15) is 9.90 Å². The van der Waals surface area contributed by atoms with Crippen LogP contribution in [0.4, 0.5) is 0 Å². The lowest BCUT2D eigenvalue weighted by Crippen LogP contribution is -2.63. The number of carbonyl (C=O) groups excluding carboxylic acids is 1. The summed E-state index contributed by atoms with van der Waals surface area (Å²) in [5, 5.41) is 9.87. The molecule has 1 aromatic carbocycles. The maximum Gasteiger partial charge on any atom is 0.308 e. The normalized spacial score (nSPS) is 51.9. The van der Waals surface area contributed by atoms with Crippen LogP contribution in [-0.2, 0) is 61.6 Å². The Morgan fingerprint density at radius 1 is 0.697 bits per heavy atom. The van der Waals surface area contributed by atoms with Crippen LogP contribution in [0.5, 0.6) is 5.75 Å². The molecule has 15 heteroatoms.